The van der Waals surface area contributed by atoms with Crippen molar-refractivity contribution in [2.75, 3.05) is 5.32 Å². The molecule has 1 fully saturated rings. The summed E-state index contributed by atoms with van der Waals surface area (Å²) in [4.78, 5) is 36.5. The molecule has 0 bridgehead atoms. The van der Waals surface area contributed by atoms with Crippen LogP contribution in [0.25, 0.3) is 0 Å². The van der Waals surface area contributed by atoms with Gasteiger partial charge in [0.1, 0.15) is 12.1 Å². The molecule has 2 rings (SSSR count). The number of piperidine rings is 1. The number of carbonyl (C=O) groups is 3. The lowest BCUT2D eigenvalue weighted by Gasteiger charge is -2.25. The van der Waals surface area contributed by atoms with Gasteiger partial charge in [0.15, 0.2) is 0 Å². The van der Waals surface area contributed by atoms with Crippen LogP contribution in [0.4, 0.5) is 5.69 Å². The third-order valence-corrected chi connectivity index (χ3v) is 4.22. The van der Waals surface area contributed by atoms with Crippen molar-refractivity contribution in [2.24, 2.45) is 0 Å². The first-order valence-electron chi connectivity index (χ1n) is 8.85. The predicted molar refractivity (Wildman–Crippen MR) is 96.6 cm³/mol. The molecule has 1 aromatic rings. The van der Waals surface area contributed by atoms with Crippen LogP contribution >= 0.6 is 0 Å². The second kappa shape index (κ2) is 9.81. The van der Waals surface area contributed by atoms with E-state index >= 15 is 0 Å². The molecule has 1 radical (unpaired) electrons. The molecule has 2 atom stereocenters. The van der Waals surface area contributed by atoms with Gasteiger partial charge in [0.2, 0.25) is 17.7 Å². The van der Waals surface area contributed by atoms with Crippen molar-refractivity contribution < 1.29 is 14.4 Å². The Morgan fingerprint density at radius 3 is 2.68 bits per heavy atom. The second-order valence-corrected chi connectivity index (χ2v) is 6.28. The molecule has 0 aliphatic carbocycles. The van der Waals surface area contributed by atoms with Crippen LogP contribution in [0.15, 0.2) is 30.3 Å². The SMILES string of the molecule is [CH2]CCCC[C@H](NC(=O)[C@@H]1CCCC(=O)N1)C(=O)Nc1ccccc1. The fourth-order valence-corrected chi connectivity index (χ4v) is 2.82. The molecule has 1 saturated heterocycles. The van der Waals surface area contributed by atoms with E-state index in [1.54, 1.807) is 12.1 Å². The predicted octanol–water partition coefficient (Wildman–Crippen LogP) is 2.17. The Morgan fingerprint density at radius 1 is 1.24 bits per heavy atom. The van der Waals surface area contributed by atoms with Crippen LogP contribution in [-0.2, 0) is 14.4 Å². The molecule has 0 unspecified atom stereocenters. The van der Waals surface area contributed by atoms with E-state index < -0.39 is 12.1 Å². The summed E-state index contributed by atoms with van der Waals surface area (Å²) in [5.41, 5.74) is 0.690. The molecular weight excluding hydrogens is 318 g/mol. The van der Waals surface area contributed by atoms with Gasteiger partial charge in [-0.1, -0.05) is 44.4 Å². The average Bonchev–Trinajstić information content (AvgIpc) is 2.61. The maximum absolute atomic E-state index is 12.6. The van der Waals surface area contributed by atoms with Crippen LogP contribution in [0.3, 0.4) is 0 Å². The van der Waals surface area contributed by atoms with Gasteiger partial charge in [0.25, 0.3) is 0 Å². The Kier molecular flexibility index (Phi) is 7.44. The molecule has 6 heteroatoms. The highest BCUT2D eigenvalue weighted by atomic mass is 16.2. The topological polar surface area (TPSA) is 87.3 Å². The van der Waals surface area contributed by atoms with Crippen molar-refractivity contribution in [3.63, 3.8) is 0 Å². The van der Waals surface area contributed by atoms with Crippen LogP contribution in [0, 0.1) is 6.92 Å². The van der Waals surface area contributed by atoms with Crippen molar-refractivity contribution >= 4 is 23.4 Å². The number of rotatable bonds is 8. The van der Waals surface area contributed by atoms with Gasteiger partial charge in [-0.05, 0) is 31.4 Å². The smallest absolute Gasteiger partial charge is 0.246 e. The van der Waals surface area contributed by atoms with E-state index in [2.05, 4.69) is 22.9 Å². The fourth-order valence-electron chi connectivity index (χ4n) is 2.82. The molecule has 0 spiro atoms. The van der Waals surface area contributed by atoms with Crippen LogP contribution in [0.1, 0.15) is 44.9 Å². The van der Waals surface area contributed by atoms with Gasteiger partial charge < -0.3 is 16.0 Å². The number of hydrogen-bond acceptors (Lipinski definition) is 3. The summed E-state index contributed by atoms with van der Waals surface area (Å²) in [7, 11) is 0. The van der Waals surface area contributed by atoms with Gasteiger partial charge in [0, 0.05) is 12.1 Å². The van der Waals surface area contributed by atoms with Crippen LogP contribution in [0.5, 0.6) is 0 Å². The number of carbonyl (C=O) groups excluding carboxylic acids is 3. The summed E-state index contributed by atoms with van der Waals surface area (Å²) in [5, 5.41) is 8.31. The summed E-state index contributed by atoms with van der Waals surface area (Å²) in [6.45, 7) is 3.80. The van der Waals surface area contributed by atoms with Crippen molar-refractivity contribution in [3.8, 4) is 0 Å². The van der Waals surface area contributed by atoms with E-state index in [9.17, 15) is 14.4 Å². The number of amides is 3. The van der Waals surface area contributed by atoms with E-state index in [1.807, 2.05) is 18.2 Å². The van der Waals surface area contributed by atoms with Crippen molar-refractivity contribution in [1.29, 1.82) is 0 Å². The minimum Gasteiger partial charge on any atom is -0.344 e. The zero-order chi connectivity index (χ0) is 18.1. The Morgan fingerprint density at radius 2 is 2.00 bits per heavy atom. The summed E-state index contributed by atoms with van der Waals surface area (Å²) < 4.78 is 0. The molecule has 1 aliphatic rings. The zero-order valence-corrected chi connectivity index (χ0v) is 14.4. The van der Waals surface area contributed by atoms with Crippen LogP contribution in [0.2, 0.25) is 0 Å². The van der Waals surface area contributed by atoms with E-state index in [4.69, 9.17) is 0 Å². The molecule has 1 aliphatic heterocycles. The monoisotopic (exact) mass is 344 g/mol. The molecule has 6 nitrogen and oxygen atoms in total. The van der Waals surface area contributed by atoms with Gasteiger partial charge in [-0.3, -0.25) is 14.4 Å². The van der Waals surface area contributed by atoms with E-state index in [-0.39, 0.29) is 17.7 Å². The van der Waals surface area contributed by atoms with Gasteiger partial charge in [-0.25, -0.2) is 0 Å². The van der Waals surface area contributed by atoms with E-state index in [1.165, 1.54) is 0 Å². The van der Waals surface area contributed by atoms with Crippen molar-refractivity contribution in [1.82, 2.24) is 10.6 Å². The molecule has 1 heterocycles. The Bertz CT molecular complexity index is 589. The summed E-state index contributed by atoms with van der Waals surface area (Å²) in [6.07, 6.45) is 4.76. The molecule has 135 valence electrons. The van der Waals surface area contributed by atoms with Gasteiger partial charge in [0.05, 0.1) is 0 Å². The molecule has 3 amide bonds. The van der Waals surface area contributed by atoms with Gasteiger partial charge in [-0.2, -0.15) is 0 Å². The Hall–Kier alpha value is -2.37. The van der Waals surface area contributed by atoms with Crippen molar-refractivity contribution in [2.45, 2.75) is 57.0 Å². The summed E-state index contributed by atoms with van der Waals surface area (Å²) >= 11 is 0. The Labute approximate surface area is 148 Å². The highest BCUT2D eigenvalue weighted by Gasteiger charge is 2.28. The number of benzene rings is 1. The third kappa shape index (κ3) is 6.21. The van der Waals surface area contributed by atoms with Crippen molar-refractivity contribution in [3.05, 3.63) is 37.3 Å². The maximum atomic E-state index is 12.6. The first-order chi connectivity index (χ1) is 12.1. The first-order valence-corrected chi connectivity index (χ1v) is 8.85. The average molecular weight is 344 g/mol. The second-order valence-electron chi connectivity index (χ2n) is 6.28. The lowest BCUT2D eigenvalue weighted by molar-refractivity contribution is -0.132. The first kappa shape index (κ1) is 19.0. The number of anilines is 1. The normalized spacial score (nSPS) is 18.1. The number of unbranched alkanes of at least 4 members (excludes halogenated alkanes) is 2. The van der Waals surface area contributed by atoms with Crippen LogP contribution in [-0.4, -0.2) is 29.8 Å². The number of hydrogen-bond donors (Lipinski definition) is 3. The standard InChI is InChI=1S/C19H26N3O3/c1-2-3-5-11-16(18(24)20-14-9-6-4-7-10-14)22-19(25)15-12-8-13-17(23)21-15/h4,6-7,9-10,15-16H,1-3,5,8,11-13H2,(H,20,24)(H,21,23)(H,22,25)/t15-,16-/m0/s1. The lowest BCUT2D eigenvalue weighted by atomic mass is 10.0. The summed E-state index contributed by atoms with van der Waals surface area (Å²) in [5.74, 6) is -0.657. The summed E-state index contributed by atoms with van der Waals surface area (Å²) in [6, 6.07) is 7.96. The quantitative estimate of drug-likeness (QED) is 0.632. The molecule has 1 aromatic carbocycles. The van der Waals surface area contributed by atoms with Gasteiger partial charge >= 0.3 is 0 Å². The number of nitrogens with one attached hydrogen (secondary N) is 3. The fraction of sp³-hybridized carbons (Fsp3) is 0.474. The minimum absolute atomic E-state index is 0.117. The van der Waals surface area contributed by atoms with Crippen LogP contribution < -0.4 is 16.0 Å². The molecular formula is C19H26N3O3. The lowest BCUT2D eigenvalue weighted by Crippen LogP contribution is -2.53. The zero-order valence-electron chi connectivity index (χ0n) is 14.4. The van der Waals surface area contributed by atoms with Gasteiger partial charge in [-0.15, -0.1) is 0 Å². The van der Waals surface area contributed by atoms with E-state index in [0.717, 1.165) is 19.3 Å². The molecule has 3 N–H and O–H groups in total. The third-order valence-electron chi connectivity index (χ3n) is 4.22. The minimum atomic E-state index is -0.627. The number of para-hydroxylation sites is 1. The molecule has 25 heavy (non-hydrogen) atoms. The molecule has 0 saturated carbocycles. The highest BCUT2D eigenvalue weighted by molar-refractivity contribution is 5.98. The molecule has 0 aromatic heterocycles. The largest absolute Gasteiger partial charge is 0.344 e. The highest BCUT2D eigenvalue weighted by Crippen LogP contribution is 2.12. The Balaban J connectivity index is 1.97. The maximum Gasteiger partial charge on any atom is 0.246 e. The van der Waals surface area contributed by atoms with E-state index in [0.29, 0.717) is 31.4 Å².